The summed E-state index contributed by atoms with van der Waals surface area (Å²) < 4.78 is 21.1. The molecule has 2 saturated carbocycles. The highest BCUT2D eigenvalue weighted by Gasteiger charge is 2.74. The van der Waals surface area contributed by atoms with E-state index in [0.29, 0.717) is 37.4 Å². The van der Waals surface area contributed by atoms with Gasteiger partial charge in [0.15, 0.2) is 23.7 Å². The average Bonchev–Trinajstić information content (AvgIpc) is 3.70. The lowest BCUT2D eigenvalue weighted by Gasteiger charge is -2.64. The number of aromatic hydroxyl groups is 1. The zero-order chi connectivity index (χ0) is 32.9. The van der Waals surface area contributed by atoms with Gasteiger partial charge in [-0.25, -0.2) is 14.0 Å². The Kier molecular flexibility index (Phi) is 6.94. The molecule has 1 saturated heterocycles. The van der Waals surface area contributed by atoms with E-state index in [2.05, 4.69) is 4.90 Å². The molecule has 8 rings (SSSR count). The molecule has 0 radical (unpaired) electrons. The van der Waals surface area contributed by atoms with Gasteiger partial charge in [0.1, 0.15) is 11.9 Å². The summed E-state index contributed by atoms with van der Waals surface area (Å²) in [6.45, 7) is 1.75. The molecule has 2 unspecified atom stereocenters. The molecule has 7 atom stereocenters. The van der Waals surface area contributed by atoms with Crippen molar-refractivity contribution in [2.45, 2.75) is 79.9 Å². The number of piperidine rings is 1. The molecular weight excluding hydrogens is 607 g/mol. The summed E-state index contributed by atoms with van der Waals surface area (Å²) in [6.07, 6.45) is -0.760. The number of fused-ring (bicyclic) bond motifs is 1. The fraction of sp³-hybridized carbons (Fsp3) is 0.500. The van der Waals surface area contributed by atoms with Gasteiger partial charge >= 0.3 is 11.9 Å². The second-order valence-corrected chi connectivity index (χ2v) is 13.1. The lowest BCUT2D eigenvalue weighted by atomic mass is 9.48. The van der Waals surface area contributed by atoms with Gasteiger partial charge in [-0.15, -0.1) is 0 Å². The molecule has 2 aromatic rings. The van der Waals surface area contributed by atoms with Crippen LogP contribution in [0.3, 0.4) is 0 Å². The number of imide groups is 1. The number of likely N-dealkylation sites (tertiary alicyclic amines) is 1. The number of hydrogen-bond acceptors (Lipinski definition) is 10. The molecule has 0 aromatic heterocycles. The molecule has 6 N–H and O–H groups in total. The quantitative estimate of drug-likeness (QED) is 0.241. The molecule has 3 aliphatic carbocycles. The highest BCUT2D eigenvalue weighted by atomic mass is 19.1. The number of aliphatic carboxylic acids is 2. The van der Waals surface area contributed by atoms with Crippen LogP contribution in [0.1, 0.15) is 63.9 Å². The molecule has 1 spiro atoms. The molecule has 244 valence electrons. The van der Waals surface area contributed by atoms with Crippen LogP contribution in [0.4, 0.5) is 4.39 Å². The minimum absolute atomic E-state index is 0.00545. The smallest absolute Gasteiger partial charge is 0.335 e. The summed E-state index contributed by atoms with van der Waals surface area (Å²) >= 11 is 0. The molecule has 2 aromatic carbocycles. The summed E-state index contributed by atoms with van der Waals surface area (Å²) in [4.78, 5) is 50.0. The van der Waals surface area contributed by atoms with Gasteiger partial charge in [0.25, 0.3) is 11.8 Å². The van der Waals surface area contributed by atoms with Crippen molar-refractivity contribution in [1.29, 1.82) is 0 Å². The Morgan fingerprint density at radius 2 is 1.70 bits per heavy atom. The van der Waals surface area contributed by atoms with Crippen LogP contribution >= 0.6 is 0 Å². The molecule has 2 amide bonds. The molecule has 3 aliphatic heterocycles. The van der Waals surface area contributed by atoms with E-state index < -0.39 is 64.9 Å². The van der Waals surface area contributed by atoms with Gasteiger partial charge in [0, 0.05) is 18.2 Å². The number of phenolic OH excluding ortho intramolecular Hbond substituents is 1. The van der Waals surface area contributed by atoms with E-state index >= 15 is 0 Å². The van der Waals surface area contributed by atoms with Crippen LogP contribution in [-0.2, 0) is 21.4 Å². The van der Waals surface area contributed by atoms with Crippen LogP contribution in [0.25, 0.3) is 0 Å². The first kappa shape index (κ1) is 30.5. The van der Waals surface area contributed by atoms with Crippen LogP contribution in [-0.4, -0.2) is 113 Å². The Hall–Kier alpha value is -4.11. The number of carbonyl (C=O) groups excluding carboxylic acids is 2. The fourth-order valence-corrected chi connectivity index (χ4v) is 8.55. The van der Waals surface area contributed by atoms with Crippen LogP contribution in [0.5, 0.6) is 11.5 Å². The number of benzene rings is 2. The third-order valence-electron chi connectivity index (χ3n) is 10.8. The molecule has 3 fully saturated rings. The number of carboxylic acid groups (broad SMARTS) is 2. The van der Waals surface area contributed by atoms with Crippen molar-refractivity contribution in [1.82, 2.24) is 9.80 Å². The summed E-state index contributed by atoms with van der Waals surface area (Å²) in [7, 11) is 0. The summed E-state index contributed by atoms with van der Waals surface area (Å²) in [5, 5.41) is 55.9. The molecular formula is C32H33FN2O11. The third kappa shape index (κ3) is 4.13. The first-order chi connectivity index (χ1) is 21.8. The van der Waals surface area contributed by atoms with Crippen LogP contribution < -0.4 is 4.74 Å². The standard InChI is InChI=1S/C28H27FN2O5.C4H6O6/c29-17-3-1-2-16-21(17)26(34)31(25(16)33)18-8-9-28(35)20-12-15-6-7-19(32)23-22(15)27(28,24(18)36-23)10-11-30(20)13-14-4-5-14;5-1(3(7)8)2(6)4(9)10/h1-3,6-7,14,18,20,24,32,35H,4-5,8-13H2;1-2,5-6H,(H,7,8)(H,9,10)/t18-,20-,24+,27+,28-;/m1./s1. The van der Waals surface area contributed by atoms with Gasteiger partial charge < -0.3 is 35.4 Å². The number of nitrogens with zero attached hydrogens (tertiary/aromatic N) is 2. The van der Waals surface area contributed by atoms with E-state index in [1.807, 2.05) is 6.07 Å². The van der Waals surface area contributed by atoms with Crippen molar-refractivity contribution in [2.75, 3.05) is 13.1 Å². The van der Waals surface area contributed by atoms with E-state index in [1.54, 1.807) is 6.07 Å². The Labute approximate surface area is 261 Å². The Morgan fingerprint density at radius 3 is 2.33 bits per heavy atom. The Bertz CT molecular complexity index is 1660. The second kappa shape index (κ2) is 10.5. The average molecular weight is 641 g/mol. The number of aliphatic hydroxyl groups is 3. The number of aliphatic hydroxyl groups excluding tert-OH is 2. The van der Waals surface area contributed by atoms with E-state index in [1.165, 1.54) is 31.0 Å². The lowest BCUT2D eigenvalue weighted by Crippen LogP contribution is -2.78. The topological polar surface area (TPSA) is 205 Å². The van der Waals surface area contributed by atoms with Crippen molar-refractivity contribution in [3.63, 3.8) is 0 Å². The van der Waals surface area contributed by atoms with Gasteiger partial charge in [-0.3, -0.25) is 19.4 Å². The summed E-state index contributed by atoms with van der Waals surface area (Å²) in [5.74, 6) is -4.37. The predicted octanol–water partition coefficient (Wildman–Crippen LogP) is 0.638. The van der Waals surface area contributed by atoms with Crippen molar-refractivity contribution in [2.24, 2.45) is 5.92 Å². The van der Waals surface area contributed by atoms with E-state index in [9.17, 15) is 33.8 Å². The fourth-order valence-electron chi connectivity index (χ4n) is 8.55. The van der Waals surface area contributed by atoms with Crippen LogP contribution in [0.2, 0.25) is 0 Å². The Balaban J connectivity index is 0.000000296. The van der Waals surface area contributed by atoms with Gasteiger partial charge in [0.05, 0.1) is 28.2 Å². The van der Waals surface area contributed by atoms with Gasteiger partial charge in [-0.1, -0.05) is 12.1 Å². The molecule has 2 bridgehead atoms. The van der Waals surface area contributed by atoms with E-state index in [4.69, 9.17) is 25.2 Å². The molecule has 6 aliphatic rings. The first-order valence-corrected chi connectivity index (χ1v) is 15.3. The third-order valence-corrected chi connectivity index (χ3v) is 10.8. The van der Waals surface area contributed by atoms with Crippen molar-refractivity contribution >= 4 is 23.8 Å². The largest absolute Gasteiger partial charge is 0.504 e. The Morgan fingerprint density at radius 1 is 1.00 bits per heavy atom. The minimum atomic E-state index is -2.27. The molecule has 14 heteroatoms. The number of rotatable bonds is 6. The minimum Gasteiger partial charge on any atom is -0.504 e. The van der Waals surface area contributed by atoms with Crippen molar-refractivity contribution in [3.8, 4) is 11.5 Å². The van der Waals surface area contributed by atoms with E-state index in [-0.39, 0.29) is 22.9 Å². The number of carbonyl (C=O) groups is 4. The number of halogens is 1. The van der Waals surface area contributed by atoms with Crippen LogP contribution in [0, 0.1) is 11.7 Å². The zero-order valence-electron chi connectivity index (χ0n) is 24.5. The highest BCUT2D eigenvalue weighted by Crippen LogP contribution is 2.66. The predicted molar refractivity (Wildman–Crippen MR) is 153 cm³/mol. The van der Waals surface area contributed by atoms with Crippen molar-refractivity contribution < 1.29 is 58.9 Å². The first-order valence-electron chi connectivity index (χ1n) is 15.3. The molecule has 46 heavy (non-hydrogen) atoms. The van der Waals surface area contributed by atoms with Gasteiger partial charge in [-0.05, 0) is 74.8 Å². The number of hydrogen-bond donors (Lipinski definition) is 6. The van der Waals surface area contributed by atoms with Gasteiger partial charge in [0.2, 0.25) is 0 Å². The maximum absolute atomic E-state index is 14.6. The van der Waals surface area contributed by atoms with Crippen LogP contribution in [0.15, 0.2) is 30.3 Å². The lowest BCUT2D eigenvalue weighted by molar-refractivity contribution is -0.196. The monoisotopic (exact) mass is 640 g/mol. The van der Waals surface area contributed by atoms with Crippen molar-refractivity contribution in [3.05, 3.63) is 58.4 Å². The maximum atomic E-state index is 14.6. The zero-order valence-corrected chi connectivity index (χ0v) is 24.5. The number of ether oxygens (including phenoxy) is 1. The maximum Gasteiger partial charge on any atom is 0.335 e. The second-order valence-electron chi connectivity index (χ2n) is 13.1. The summed E-state index contributed by atoms with van der Waals surface area (Å²) in [6, 6.07) is 6.91. The highest BCUT2D eigenvalue weighted by molar-refractivity contribution is 6.21. The number of phenols is 1. The van der Waals surface area contributed by atoms with E-state index in [0.717, 1.165) is 29.1 Å². The number of amides is 2. The normalized spacial score (nSPS) is 31.7. The summed E-state index contributed by atoms with van der Waals surface area (Å²) in [5.41, 5.74) is -0.203. The molecule has 13 nitrogen and oxygen atoms in total. The molecule has 3 heterocycles. The number of carboxylic acids is 2. The SMILES string of the molecule is O=C(O)C(O)C(O)C(=O)O.O=C1c2cccc(F)c2C(=O)N1[C@@H]1CC[C@@]2(O)[C@H]3Cc4ccc(O)c5c4[C@@]2(CCN3CC2CC2)[C@H]1O5. The van der Waals surface area contributed by atoms with Gasteiger partial charge in [-0.2, -0.15) is 0 Å².